The van der Waals surface area contributed by atoms with Gasteiger partial charge in [-0.1, -0.05) is 0 Å². The first-order chi connectivity index (χ1) is 9.20. The summed E-state index contributed by atoms with van der Waals surface area (Å²) in [7, 11) is 0. The smallest absolute Gasteiger partial charge is 0.360 e. The van der Waals surface area contributed by atoms with Crippen molar-refractivity contribution in [1.82, 2.24) is 9.97 Å². The Kier molecular flexibility index (Phi) is 4.86. The van der Waals surface area contributed by atoms with E-state index < -0.39 is 0 Å². The van der Waals surface area contributed by atoms with E-state index in [1.54, 1.807) is 23.8 Å². The van der Waals surface area contributed by atoms with Crippen LogP contribution in [0.4, 0.5) is 5.00 Å². The molecular formula is C12H15N3O2S2. The third-order valence-corrected chi connectivity index (χ3v) is 3.98. The molecule has 102 valence electrons. The molecule has 1 N–H and O–H groups in total. The van der Waals surface area contributed by atoms with Gasteiger partial charge in [0, 0.05) is 18.3 Å². The summed E-state index contributed by atoms with van der Waals surface area (Å²) in [6, 6.07) is 0. The minimum atomic E-state index is -0.379. The zero-order chi connectivity index (χ0) is 13.7. The lowest BCUT2D eigenvalue weighted by atomic mass is 10.3. The fourth-order valence-corrected chi connectivity index (χ4v) is 2.89. The van der Waals surface area contributed by atoms with Crippen LogP contribution in [0.15, 0.2) is 10.9 Å². The van der Waals surface area contributed by atoms with Crippen LogP contribution < -0.4 is 5.32 Å². The number of aromatic nitrogens is 2. The number of nitrogens with one attached hydrogen (secondary N) is 1. The molecular weight excluding hydrogens is 282 g/mol. The van der Waals surface area contributed by atoms with Crippen molar-refractivity contribution in [2.45, 2.75) is 20.3 Å². The van der Waals surface area contributed by atoms with E-state index in [0.29, 0.717) is 12.3 Å². The molecule has 0 aliphatic heterocycles. The van der Waals surface area contributed by atoms with Crippen LogP contribution in [0, 0.1) is 6.92 Å². The zero-order valence-electron chi connectivity index (χ0n) is 10.8. The summed E-state index contributed by atoms with van der Waals surface area (Å²) < 4.78 is 4.95. The van der Waals surface area contributed by atoms with Crippen LogP contribution in [0.3, 0.4) is 0 Å². The summed E-state index contributed by atoms with van der Waals surface area (Å²) in [5.41, 5.74) is 3.07. The van der Waals surface area contributed by atoms with Gasteiger partial charge in [0.05, 0.1) is 22.8 Å². The number of rotatable bonds is 6. The predicted molar refractivity (Wildman–Crippen MR) is 77.1 cm³/mol. The second kappa shape index (κ2) is 6.63. The molecule has 0 aliphatic rings. The summed E-state index contributed by atoms with van der Waals surface area (Å²) in [6.45, 7) is 4.84. The Bertz CT molecular complexity index is 551. The topological polar surface area (TPSA) is 64.1 Å². The molecule has 2 aromatic rings. The number of carbonyl (C=O) groups excluding carboxylic acids is 1. The maximum Gasteiger partial charge on any atom is 0.360 e. The number of nitrogens with zero attached hydrogens (tertiary/aromatic N) is 2. The first-order valence-corrected chi connectivity index (χ1v) is 7.72. The van der Waals surface area contributed by atoms with Crippen molar-refractivity contribution in [3.8, 4) is 0 Å². The Morgan fingerprint density at radius 2 is 2.32 bits per heavy atom. The fourth-order valence-electron chi connectivity index (χ4n) is 1.54. The van der Waals surface area contributed by atoms with Crippen LogP contribution in [0.5, 0.6) is 0 Å². The highest BCUT2D eigenvalue weighted by Crippen LogP contribution is 2.21. The van der Waals surface area contributed by atoms with E-state index in [1.165, 1.54) is 11.3 Å². The van der Waals surface area contributed by atoms with Crippen LogP contribution >= 0.6 is 22.7 Å². The SMILES string of the molecule is CCOC(=O)c1ncsc1NCCc1csc(C)n1. The molecule has 0 aromatic carbocycles. The minimum Gasteiger partial charge on any atom is -0.461 e. The third kappa shape index (κ3) is 3.74. The molecule has 2 rings (SSSR count). The van der Waals surface area contributed by atoms with E-state index in [4.69, 9.17) is 4.74 Å². The standard InChI is InChI=1S/C12H15N3O2S2/c1-3-17-12(16)10-11(19-7-14-10)13-5-4-9-6-18-8(2)15-9/h6-7,13H,3-5H2,1-2H3. The Labute approximate surface area is 119 Å². The van der Waals surface area contributed by atoms with Gasteiger partial charge in [0.2, 0.25) is 0 Å². The van der Waals surface area contributed by atoms with Crippen LogP contribution in [-0.2, 0) is 11.2 Å². The zero-order valence-corrected chi connectivity index (χ0v) is 12.4. The predicted octanol–water partition coefficient (Wildman–Crippen LogP) is 2.74. The van der Waals surface area contributed by atoms with Crippen molar-refractivity contribution in [2.24, 2.45) is 0 Å². The third-order valence-electron chi connectivity index (χ3n) is 2.37. The molecule has 0 unspecified atom stereocenters. The highest BCUT2D eigenvalue weighted by Gasteiger charge is 2.15. The van der Waals surface area contributed by atoms with Gasteiger partial charge in [0.15, 0.2) is 5.69 Å². The molecule has 0 saturated carbocycles. The van der Waals surface area contributed by atoms with Gasteiger partial charge in [0.1, 0.15) is 5.00 Å². The molecule has 0 radical (unpaired) electrons. The molecule has 0 spiro atoms. The fraction of sp³-hybridized carbons (Fsp3) is 0.417. The molecule has 0 aliphatic carbocycles. The van der Waals surface area contributed by atoms with Crippen LogP contribution in [0.2, 0.25) is 0 Å². The molecule has 19 heavy (non-hydrogen) atoms. The normalized spacial score (nSPS) is 10.4. The highest BCUT2D eigenvalue weighted by atomic mass is 32.1. The van der Waals surface area contributed by atoms with Gasteiger partial charge in [-0.2, -0.15) is 0 Å². The second-order valence-corrected chi connectivity index (χ2v) is 5.70. The lowest BCUT2D eigenvalue weighted by Crippen LogP contribution is -2.10. The lowest BCUT2D eigenvalue weighted by Gasteiger charge is -2.04. The Hall–Kier alpha value is -1.47. The largest absolute Gasteiger partial charge is 0.461 e. The van der Waals surface area contributed by atoms with E-state index in [-0.39, 0.29) is 5.97 Å². The van der Waals surface area contributed by atoms with Crippen molar-refractivity contribution in [1.29, 1.82) is 0 Å². The minimum absolute atomic E-state index is 0.355. The van der Waals surface area contributed by atoms with Crippen molar-refractivity contribution in [3.63, 3.8) is 0 Å². The summed E-state index contributed by atoms with van der Waals surface area (Å²) in [6.07, 6.45) is 0.824. The van der Waals surface area contributed by atoms with Gasteiger partial charge < -0.3 is 10.1 Å². The van der Waals surface area contributed by atoms with Gasteiger partial charge in [-0.25, -0.2) is 14.8 Å². The highest BCUT2D eigenvalue weighted by molar-refractivity contribution is 7.14. The Morgan fingerprint density at radius 3 is 3.00 bits per heavy atom. The first kappa shape index (κ1) is 14.0. The molecule has 2 heterocycles. The first-order valence-electron chi connectivity index (χ1n) is 5.96. The number of hydrogen-bond acceptors (Lipinski definition) is 7. The van der Waals surface area contributed by atoms with Gasteiger partial charge in [-0.15, -0.1) is 22.7 Å². The number of ether oxygens (including phenoxy) is 1. The quantitative estimate of drug-likeness (QED) is 0.831. The average Bonchev–Trinajstić information content (AvgIpc) is 2.99. The number of carbonyl (C=O) groups is 1. The number of aryl methyl sites for hydroxylation is 1. The summed E-state index contributed by atoms with van der Waals surface area (Å²) in [5, 5.41) is 7.09. The van der Waals surface area contributed by atoms with Gasteiger partial charge in [-0.3, -0.25) is 0 Å². The van der Waals surface area contributed by atoms with E-state index in [9.17, 15) is 4.79 Å². The molecule has 5 nitrogen and oxygen atoms in total. The van der Waals surface area contributed by atoms with Gasteiger partial charge in [-0.05, 0) is 13.8 Å². The Morgan fingerprint density at radius 1 is 1.47 bits per heavy atom. The molecule has 0 saturated heterocycles. The maximum atomic E-state index is 11.6. The monoisotopic (exact) mass is 297 g/mol. The number of esters is 1. The van der Waals surface area contributed by atoms with Crippen LogP contribution in [0.1, 0.15) is 28.1 Å². The average molecular weight is 297 g/mol. The molecule has 0 atom stereocenters. The van der Waals surface area contributed by atoms with Crippen molar-refractivity contribution in [2.75, 3.05) is 18.5 Å². The van der Waals surface area contributed by atoms with E-state index in [2.05, 4.69) is 20.7 Å². The van der Waals surface area contributed by atoms with Crippen LogP contribution in [0.25, 0.3) is 0 Å². The second-order valence-electron chi connectivity index (χ2n) is 3.79. The van der Waals surface area contributed by atoms with Crippen molar-refractivity contribution < 1.29 is 9.53 Å². The molecule has 0 bridgehead atoms. The van der Waals surface area contributed by atoms with E-state index in [1.807, 2.05) is 6.92 Å². The summed E-state index contributed by atoms with van der Waals surface area (Å²) >= 11 is 3.05. The molecule has 7 heteroatoms. The lowest BCUT2D eigenvalue weighted by molar-refractivity contribution is 0.0521. The van der Waals surface area contributed by atoms with Gasteiger partial charge >= 0.3 is 5.97 Å². The van der Waals surface area contributed by atoms with Crippen molar-refractivity contribution >= 4 is 33.6 Å². The number of hydrogen-bond donors (Lipinski definition) is 1. The summed E-state index contributed by atoms with van der Waals surface area (Å²) in [5.74, 6) is -0.379. The maximum absolute atomic E-state index is 11.6. The van der Waals surface area contributed by atoms with Crippen molar-refractivity contribution in [3.05, 3.63) is 27.3 Å². The number of anilines is 1. The number of thiazole rings is 2. The van der Waals surface area contributed by atoms with Gasteiger partial charge in [0.25, 0.3) is 0 Å². The Balaban J connectivity index is 1.89. The summed E-state index contributed by atoms with van der Waals surface area (Å²) in [4.78, 5) is 20.1. The molecule has 0 amide bonds. The van der Waals surface area contributed by atoms with E-state index in [0.717, 1.165) is 28.7 Å². The molecule has 0 fully saturated rings. The van der Waals surface area contributed by atoms with E-state index >= 15 is 0 Å². The van der Waals surface area contributed by atoms with Crippen LogP contribution in [-0.4, -0.2) is 29.1 Å². The molecule has 2 aromatic heterocycles.